The van der Waals surface area contributed by atoms with Crippen molar-refractivity contribution in [3.63, 3.8) is 0 Å². The Kier molecular flexibility index (Phi) is 7.08. The van der Waals surface area contributed by atoms with Crippen molar-refractivity contribution in [2.24, 2.45) is 0 Å². The third kappa shape index (κ3) is 4.15. The fourth-order valence-electron chi connectivity index (χ4n) is 3.99. The summed E-state index contributed by atoms with van der Waals surface area (Å²) in [6, 6.07) is 9.68. The predicted molar refractivity (Wildman–Crippen MR) is 121 cm³/mol. The molecule has 1 saturated heterocycles. The largest absolute Gasteiger partial charge is 0.507 e. The SMILES string of the molecule is CCCN1C(=O)C(=O)/C(=C(\O)c2ccc(OCC)c(C)c2)C1c1ccc(OC)c(OC)c1. The molecule has 1 unspecified atom stereocenters. The number of aliphatic hydroxyl groups is 1. The molecule has 0 spiro atoms. The molecule has 0 bridgehead atoms. The Morgan fingerprint density at radius 1 is 1.00 bits per heavy atom. The molecule has 0 saturated carbocycles. The van der Waals surface area contributed by atoms with Gasteiger partial charge in [0.15, 0.2) is 11.5 Å². The van der Waals surface area contributed by atoms with Crippen molar-refractivity contribution in [1.82, 2.24) is 4.90 Å². The van der Waals surface area contributed by atoms with Crippen LogP contribution in [0.15, 0.2) is 42.0 Å². The number of carbonyl (C=O) groups excluding carboxylic acids is 2. The van der Waals surface area contributed by atoms with E-state index in [1.54, 1.807) is 36.4 Å². The van der Waals surface area contributed by atoms with E-state index in [1.165, 1.54) is 19.1 Å². The van der Waals surface area contributed by atoms with E-state index in [-0.39, 0.29) is 11.3 Å². The van der Waals surface area contributed by atoms with E-state index in [0.717, 1.165) is 5.56 Å². The Morgan fingerprint density at radius 2 is 1.69 bits per heavy atom. The van der Waals surface area contributed by atoms with Gasteiger partial charge in [-0.05, 0) is 61.7 Å². The third-order valence-electron chi connectivity index (χ3n) is 5.48. The van der Waals surface area contributed by atoms with Crippen LogP contribution in [0.3, 0.4) is 0 Å². The zero-order valence-corrected chi connectivity index (χ0v) is 19.1. The molecule has 1 aliphatic rings. The number of likely N-dealkylation sites (tertiary alicyclic amines) is 1. The summed E-state index contributed by atoms with van der Waals surface area (Å²) in [7, 11) is 3.06. The maximum Gasteiger partial charge on any atom is 0.295 e. The van der Waals surface area contributed by atoms with Crippen LogP contribution in [0, 0.1) is 6.92 Å². The van der Waals surface area contributed by atoms with Gasteiger partial charge in [0, 0.05) is 12.1 Å². The molecule has 1 amide bonds. The highest BCUT2D eigenvalue weighted by molar-refractivity contribution is 6.46. The van der Waals surface area contributed by atoms with Crippen molar-refractivity contribution in [1.29, 1.82) is 0 Å². The standard InChI is InChI=1S/C25H29NO6/c1-6-12-26-22(16-8-11-19(30-4)20(14-16)31-5)21(24(28)25(26)29)23(27)17-9-10-18(32-7-2)15(3)13-17/h8-11,13-14,22,27H,6-7,12H2,1-5H3/b23-21-. The number of ketones is 1. The second-order valence-electron chi connectivity index (χ2n) is 7.52. The molecule has 1 aliphatic heterocycles. The monoisotopic (exact) mass is 439 g/mol. The van der Waals surface area contributed by atoms with E-state index in [1.807, 2.05) is 20.8 Å². The molecule has 2 aromatic rings. The molecular weight excluding hydrogens is 410 g/mol. The number of aryl methyl sites for hydroxylation is 1. The number of carbonyl (C=O) groups is 2. The Labute approximate surface area is 188 Å². The molecule has 0 radical (unpaired) electrons. The van der Waals surface area contributed by atoms with E-state index in [2.05, 4.69) is 0 Å². The van der Waals surface area contributed by atoms with Gasteiger partial charge in [0.05, 0.1) is 32.4 Å². The van der Waals surface area contributed by atoms with Crippen LogP contribution in [0.4, 0.5) is 0 Å². The average Bonchev–Trinajstić information content (AvgIpc) is 3.04. The molecule has 1 atom stereocenters. The summed E-state index contributed by atoms with van der Waals surface area (Å²) in [6.45, 7) is 6.59. The molecule has 170 valence electrons. The number of benzene rings is 2. The molecular formula is C25H29NO6. The van der Waals surface area contributed by atoms with Gasteiger partial charge in [-0.3, -0.25) is 9.59 Å². The van der Waals surface area contributed by atoms with Crippen LogP contribution in [0.2, 0.25) is 0 Å². The zero-order valence-electron chi connectivity index (χ0n) is 19.1. The van der Waals surface area contributed by atoms with Crippen LogP contribution < -0.4 is 14.2 Å². The molecule has 2 aromatic carbocycles. The highest BCUT2D eigenvalue weighted by Gasteiger charge is 2.45. The molecule has 3 rings (SSSR count). The summed E-state index contributed by atoms with van der Waals surface area (Å²) in [5, 5.41) is 11.2. The molecule has 0 aliphatic carbocycles. The van der Waals surface area contributed by atoms with Crippen molar-refractivity contribution < 1.29 is 28.9 Å². The average molecular weight is 440 g/mol. The molecule has 7 heteroatoms. The maximum absolute atomic E-state index is 13.0. The number of rotatable bonds is 8. The number of hydrogen-bond acceptors (Lipinski definition) is 6. The summed E-state index contributed by atoms with van der Waals surface area (Å²) in [4.78, 5) is 27.4. The Morgan fingerprint density at radius 3 is 2.28 bits per heavy atom. The van der Waals surface area contributed by atoms with Crippen molar-refractivity contribution in [3.8, 4) is 17.2 Å². The Bertz CT molecular complexity index is 1060. The van der Waals surface area contributed by atoms with Crippen molar-refractivity contribution >= 4 is 17.4 Å². The molecule has 1 heterocycles. The Balaban J connectivity index is 2.18. The lowest BCUT2D eigenvalue weighted by Gasteiger charge is -2.25. The first-order valence-corrected chi connectivity index (χ1v) is 10.6. The van der Waals surface area contributed by atoms with Crippen LogP contribution in [-0.2, 0) is 9.59 Å². The van der Waals surface area contributed by atoms with Gasteiger partial charge in [-0.25, -0.2) is 0 Å². The lowest BCUT2D eigenvalue weighted by Crippen LogP contribution is -2.30. The van der Waals surface area contributed by atoms with Gasteiger partial charge in [0.1, 0.15) is 11.5 Å². The van der Waals surface area contributed by atoms with E-state index in [4.69, 9.17) is 14.2 Å². The highest BCUT2D eigenvalue weighted by Crippen LogP contribution is 2.42. The predicted octanol–water partition coefficient (Wildman–Crippen LogP) is 4.24. The van der Waals surface area contributed by atoms with Gasteiger partial charge in [-0.15, -0.1) is 0 Å². The minimum Gasteiger partial charge on any atom is -0.507 e. The number of amides is 1. The number of ether oxygens (including phenoxy) is 3. The summed E-state index contributed by atoms with van der Waals surface area (Å²) in [6.07, 6.45) is 0.666. The second kappa shape index (κ2) is 9.77. The normalized spacial score (nSPS) is 17.5. The number of Topliss-reactive ketones (excluding diaryl/α,β-unsaturated/α-hetero) is 1. The first kappa shape index (κ1) is 23.2. The molecule has 32 heavy (non-hydrogen) atoms. The smallest absolute Gasteiger partial charge is 0.295 e. The lowest BCUT2D eigenvalue weighted by molar-refractivity contribution is -0.139. The van der Waals surface area contributed by atoms with Gasteiger partial charge < -0.3 is 24.2 Å². The molecule has 1 N–H and O–H groups in total. The number of nitrogens with zero attached hydrogens (tertiary/aromatic N) is 1. The third-order valence-corrected chi connectivity index (χ3v) is 5.48. The summed E-state index contributed by atoms with van der Waals surface area (Å²) in [5.41, 5.74) is 1.98. The van der Waals surface area contributed by atoms with Crippen LogP contribution in [0.1, 0.15) is 43.0 Å². The lowest BCUT2D eigenvalue weighted by atomic mass is 9.94. The quantitative estimate of drug-likeness (QED) is 0.376. The van der Waals surface area contributed by atoms with Gasteiger partial charge in [-0.1, -0.05) is 13.0 Å². The fourth-order valence-corrected chi connectivity index (χ4v) is 3.99. The summed E-state index contributed by atoms with van der Waals surface area (Å²) < 4.78 is 16.3. The maximum atomic E-state index is 13.0. The van der Waals surface area contributed by atoms with Gasteiger partial charge in [0.25, 0.3) is 11.7 Å². The van der Waals surface area contributed by atoms with Gasteiger partial charge in [-0.2, -0.15) is 0 Å². The zero-order chi connectivity index (χ0) is 23.4. The molecule has 7 nitrogen and oxygen atoms in total. The van der Waals surface area contributed by atoms with Crippen LogP contribution in [-0.4, -0.2) is 49.1 Å². The highest BCUT2D eigenvalue weighted by atomic mass is 16.5. The number of aliphatic hydroxyl groups excluding tert-OH is 1. The van der Waals surface area contributed by atoms with E-state index in [0.29, 0.717) is 47.9 Å². The number of hydrogen-bond donors (Lipinski definition) is 1. The van der Waals surface area contributed by atoms with Crippen LogP contribution >= 0.6 is 0 Å². The van der Waals surface area contributed by atoms with Gasteiger partial charge in [0.2, 0.25) is 0 Å². The topological polar surface area (TPSA) is 85.3 Å². The first-order chi connectivity index (χ1) is 15.4. The van der Waals surface area contributed by atoms with Crippen LogP contribution in [0.5, 0.6) is 17.2 Å². The van der Waals surface area contributed by atoms with Crippen molar-refractivity contribution in [2.75, 3.05) is 27.4 Å². The van der Waals surface area contributed by atoms with Crippen LogP contribution in [0.25, 0.3) is 5.76 Å². The van der Waals surface area contributed by atoms with Crippen molar-refractivity contribution in [2.45, 2.75) is 33.2 Å². The molecule has 1 fully saturated rings. The summed E-state index contributed by atoms with van der Waals surface area (Å²) >= 11 is 0. The second-order valence-corrected chi connectivity index (χ2v) is 7.52. The molecule has 0 aromatic heterocycles. The fraction of sp³-hybridized carbons (Fsp3) is 0.360. The van der Waals surface area contributed by atoms with Gasteiger partial charge >= 0.3 is 0 Å². The minimum atomic E-state index is -0.735. The van der Waals surface area contributed by atoms with Crippen molar-refractivity contribution in [3.05, 3.63) is 58.7 Å². The van der Waals surface area contributed by atoms with E-state index >= 15 is 0 Å². The minimum absolute atomic E-state index is 0.0548. The number of methoxy groups -OCH3 is 2. The first-order valence-electron chi connectivity index (χ1n) is 10.6. The summed E-state index contributed by atoms with van der Waals surface area (Å²) in [5.74, 6) is 0.160. The van der Waals surface area contributed by atoms with E-state index < -0.39 is 17.7 Å². The van der Waals surface area contributed by atoms with E-state index in [9.17, 15) is 14.7 Å². The Hall–Kier alpha value is -3.48.